The Morgan fingerprint density at radius 1 is 0.889 bits per heavy atom. The van der Waals surface area contributed by atoms with E-state index in [0.29, 0.717) is 22.0 Å². The molecule has 0 bridgehead atoms. The number of carbonyl (C=O) groups excluding carboxylic acids is 2. The molecular weight excluding hydrogens is 356 g/mol. The topological polar surface area (TPSA) is 58.2 Å². The highest BCUT2D eigenvalue weighted by molar-refractivity contribution is 7.15. The minimum atomic E-state index is -0.220. The van der Waals surface area contributed by atoms with Gasteiger partial charge in [0.05, 0.1) is 5.56 Å². The molecule has 138 valence electrons. The maximum absolute atomic E-state index is 13.0. The number of carbonyl (C=O) groups is 2. The Bertz CT molecular complexity index is 918. The molecule has 4 nitrogen and oxygen atoms in total. The molecule has 1 heterocycles. The second-order valence-electron chi connectivity index (χ2n) is 6.70. The van der Waals surface area contributed by atoms with Crippen molar-refractivity contribution in [2.24, 2.45) is 5.92 Å². The fourth-order valence-electron chi connectivity index (χ4n) is 2.80. The van der Waals surface area contributed by atoms with Crippen LogP contribution in [0.2, 0.25) is 0 Å². The lowest BCUT2D eigenvalue weighted by Crippen LogP contribution is -2.18. The number of thiophene rings is 1. The van der Waals surface area contributed by atoms with Crippen LogP contribution in [-0.2, 0) is 6.42 Å². The normalized spacial score (nSPS) is 10.6. The van der Waals surface area contributed by atoms with Gasteiger partial charge in [-0.1, -0.05) is 50.2 Å². The highest BCUT2D eigenvalue weighted by atomic mass is 32.1. The summed E-state index contributed by atoms with van der Waals surface area (Å²) in [6.45, 7) is 4.22. The van der Waals surface area contributed by atoms with E-state index in [9.17, 15) is 9.59 Å². The Morgan fingerprint density at radius 3 is 2.15 bits per heavy atom. The molecule has 3 rings (SSSR count). The van der Waals surface area contributed by atoms with Crippen LogP contribution in [0.5, 0.6) is 0 Å². The molecule has 2 N–H and O–H groups in total. The van der Waals surface area contributed by atoms with Crippen molar-refractivity contribution >= 4 is 33.8 Å². The van der Waals surface area contributed by atoms with Gasteiger partial charge in [0.25, 0.3) is 11.8 Å². The van der Waals surface area contributed by atoms with Crippen molar-refractivity contribution in [1.29, 1.82) is 0 Å². The number of benzene rings is 2. The van der Waals surface area contributed by atoms with Crippen molar-refractivity contribution in [3.8, 4) is 0 Å². The zero-order valence-electron chi connectivity index (χ0n) is 15.4. The second kappa shape index (κ2) is 8.64. The van der Waals surface area contributed by atoms with Crippen LogP contribution in [-0.4, -0.2) is 11.8 Å². The van der Waals surface area contributed by atoms with E-state index in [4.69, 9.17) is 0 Å². The predicted molar refractivity (Wildman–Crippen MR) is 112 cm³/mol. The van der Waals surface area contributed by atoms with Crippen molar-refractivity contribution in [2.45, 2.75) is 20.3 Å². The van der Waals surface area contributed by atoms with Crippen molar-refractivity contribution in [1.82, 2.24) is 0 Å². The molecule has 0 spiro atoms. The molecule has 1 aromatic heterocycles. The van der Waals surface area contributed by atoms with Gasteiger partial charge >= 0.3 is 0 Å². The third kappa shape index (κ3) is 4.83. The minimum Gasteiger partial charge on any atom is -0.322 e. The summed E-state index contributed by atoms with van der Waals surface area (Å²) >= 11 is 1.39. The van der Waals surface area contributed by atoms with E-state index in [1.54, 1.807) is 12.1 Å². The third-order valence-electron chi connectivity index (χ3n) is 4.02. The van der Waals surface area contributed by atoms with Crippen LogP contribution in [0.3, 0.4) is 0 Å². The zero-order chi connectivity index (χ0) is 19.2. The van der Waals surface area contributed by atoms with Crippen molar-refractivity contribution in [2.75, 3.05) is 10.6 Å². The van der Waals surface area contributed by atoms with E-state index in [2.05, 4.69) is 24.5 Å². The van der Waals surface area contributed by atoms with Gasteiger partial charge in [-0.2, -0.15) is 0 Å². The molecule has 3 aromatic rings. The summed E-state index contributed by atoms with van der Waals surface area (Å²) in [5, 5.41) is 8.37. The monoisotopic (exact) mass is 378 g/mol. The van der Waals surface area contributed by atoms with Crippen molar-refractivity contribution < 1.29 is 9.59 Å². The van der Waals surface area contributed by atoms with E-state index < -0.39 is 0 Å². The Labute approximate surface area is 163 Å². The number of rotatable bonds is 6. The number of hydrogen-bond acceptors (Lipinski definition) is 3. The van der Waals surface area contributed by atoms with Gasteiger partial charge in [0.15, 0.2) is 0 Å². The molecule has 0 saturated carbocycles. The lowest BCUT2D eigenvalue weighted by molar-refractivity contribution is 0.102. The number of hydrogen-bond donors (Lipinski definition) is 2. The van der Waals surface area contributed by atoms with Crippen LogP contribution in [0, 0.1) is 5.92 Å². The Hall–Kier alpha value is -2.92. The van der Waals surface area contributed by atoms with Crippen LogP contribution in [0.25, 0.3) is 0 Å². The Kier molecular flexibility index (Phi) is 6.04. The fraction of sp³-hybridized carbons (Fsp3) is 0.182. The van der Waals surface area contributed by atoms with Gasteiger partial charge in [-0.15, -0.1) is 11.3 Å². The van der Waals surface area contributed by atoms with E-state index >= 15 is 0 Å². The first-order chi connectivity index (χ1) is 13.0. The highest BCUT2D eigenvalue weighted by Crippen LogP contribution is 2.31. The summed E-state index contributed by atoms with van der Waals surface area (Å²) in [6, 6.07) is 18.3. The molecule has 0 saturated heterocycles. The van der Waals surface area contributed by atoms with Gasteiger partial charge in [0.1, 0.15) is 5.00 Å². The lowest BCUT2D eigenvalue weighted by Gasteiger charge is -2.11. The first-order valence-electron chi connectivity index (χ1n) is 8.87. The van der Waals surface area contributed by atoms with Gasteiger partial charge < -0.3 is 10.6 Å². The SMILES string of the molecule is CC(C)Cc1csc(NC(=O)c2ccccc2)c1C(=O)Nc1ccccc1. The smallest absolute Gasteiger partial charge is 0.258 e. The van der Waals surface area contributed by atoms with Gasteiger partial charge in [-0.3, -0.25) is 9.59 Å². The van der Waals surface area contributed by atoms with Crippen LogP contribution < -0.4 is 10.6 Å². The molecule has 0 radical (unpaired) electrons. The molecule has 27 heavy (non-hydrogen) atoms. The van der Waals surface area contributed by atoms with E-state index in [1.807, 2.05) is 53.9 Å². The minimum absolute atomic E-state index is 0.207. The first kappa shape index (κ1) is 18.9. The lowest BCUT2D eigenvalue weighted by atomic mass is 10.0. The molecule has 0 aliphatic heterocycles. The van der Waals surface area contributed by atoms with E-state index in [1.165, 1.54) is 11.3 Å². The number of para-hydroxylation sites is 1. The summed E-state index contributed by atoms with van der Waals surface area (Å²) in [6.07, 6.45) is 0.773. The van der Waals surface area contributed by atoms with Crippen LogP contribution in [0.4, 0.5) is 10.7 Å². The van der Waals surface area contributed by atoms with Crippen LogP contribution >= 0.6 is 11.3 Å². The molecule has 0 unspecified atom stereocenters. The van der Waals surface area contributed by atoms with Gasteiger partial charge in [-0.05, 0) is 47.5 Å². The summed E-state index contributed by atoms with van der Waals surface area (Å²) in [7, 11) is 0. The Morgan fingerprint density at radius 2 is 1.52 bits per heavy atom. The molecule has 0 aliphatic rings. The summed E-state index contributed by atoms with van der Waals surface area (Å²) < 4.78 is 0. The maximum atomic E-state index is 13.0. The van der Waals surface area contributed by atoms with Crippen molar-refractivity contribution in [3.63, 3.8) is 0 Å². The van der Waals surface area contributed by atoms with Crippen LogP contribution in [0.15, 0.2) is 66.0 Å². The third-order valence-corrected chi connectivity index (χ3v) is 4.96. The molecule has 5 heteroatoms. The molecule has 2 aromatic carbocycles. The average molecular weight is 378 g/mol. The second-order valence-corrected chi connectivity index (χ2v) is 7.58. The first-order valence-corrected chi connectivity index (χ1v) is 9.75. The summed E-state index contributed by atoms with van der Waals surface area (Å²) in [5.41, 5.74) is 2.78. The summed E-state index contributed by atoms with van der Waals surface area (Å²) in [4.78, 5) is 25.5. The molecule has 0 fully saturated rings. The predicted octanol–water partition coefficient (Wildman–Crippen LogP) is 5.45. The average Bonchev–Trinajstić information content (AvgIpc) is 3.04. The number of nitrogens with one attached hydrogen (secondary N) is 2. The fourth-order valence-corrected chi connectivity index (χ4v) is 3.77. The largest absolute Gasteiger partial charge is 0.322 e. The van der Waals surface area contributed by atoms with Gasteiger partial charge in [-0.25, -0.2) is 0 Å². The van der Waals surface area contributed by atoms with E-state index in [-0.39, 0.29) is 11.8 Å². The molecule has 0 aliphatic carbocycles. The molecule has 2 amide bonds. The standard InChI is InChI=1S/C22H22N2O2S/c1-15(2)13-17-14-27-22(24-20(25)16-9-5-3-6-10-16)19(17)21(26)23-18-11-7-4-8-12-18/h3-12,14-15H,13H2,1-2H3,(H,23,26)(H,24,25). The van der Waals surface area contributed by atoms with Gasteiger partial charge in [0, 0.05) is 11.3 Å². The van der Waals surface area contributed by atoms with Crippen LogP contribution in [0.1, 0.15) is 40.1 Å². The highest BCUT2D eigenvalue weighted by Gasteiger charge is 2.21. The zero-order valence-corrected chi connectivity index (χ0v) is 16.2. The molecule has 0 atom stereocenters. The van der Waals surface area contributed by atoms with Gasteiger partial charge in [0.2, 0.25) is 0 Å². The Balaban J connectivity index is 1.88. The number of amides is 2. The van der Waals surface area contributed by atoms with Crippen molar-refractivity contribution in [3.05, 3.63) is 82.7 Å². The quantitative estimate of drug-likeness (QED) is 0.599. The molecular formula is C22H22N2O2S. The maximum Gasteiger partial charge on any atom is 0.258 e. The van der Waals surface area contributed by atoms with E-state index in [0.717, 1.165) is 17.7 Å². The number of anilines is 2. The summed E-state index contributed by atoms with van der Waals surface area (Å²) in [5.74, 6) is -0.0238.